The summed E-state index contributed by atoms with van der Waals surface area (Å²) in [5.74, 6) is -0.629. The van der Waals surface area contributed by atoms with E-state index < -0.39 is 11.4 Å². The van der Waals surface area contributed by atoms with Gasteiger partial charge in [0.25, 0.3) is 5.91 Å². The second-order valence-electron chi connectivity index (χ2n) is 4.89. The molecule has 1 rings (SSSR count). The first-order valence-corrected chi connectivity index (χ1v) is 6.68. The Balaban J connectivity index is 2.83. The van der Waals surface area contributed by atoms with Crippen LogP contribution in [0.5, 0.6) is 0 Å². The minimum absolute atomic E-state index is 0.0987. The third-order valence-electron chi connectivity index (χ3n) is 3.74. The molecule has 1 heterocycles. The molecule has 0 aliphatic heterocycles. The summed E-state index contributed by atoms with van der Waals surface area (Å²) in [7, 11) is 0. The van der Waals surface area contributed by atoms with Crippen LogP contribution in [0.4, 0.5) is 0 Å². The highest BCUT2D eigenvalue weighted by atomic mass is 16.4. The predicted molar refractivity (Wildman–Crippen MR) is 74.5 cm³/mol. The van der Waals surface area contributed by atoms with Crippen LogP contribution in [0.3, 0.4) is 0 Å². The van der Waals surface area contributed by atoms with Crippen molar-refractivity contribution in [3.05, 3.63) is 23.3 Å². The van der Waals surface area contributed by atoms with Crippen molar-refractivity contribution in [2.24, 2.45) is 5.41 Å². The van der Waals surface area contributed by atoms with Crippen LogP contribution in [0.2, 0.25) is 0 Å². The molecule has 0 aromatic carbocycles. The summed E-state index contributed by atoms with van der Waals surface area (Å²) in [5.41, 5.74) is 0.0424. The molecule has 20 heavy (non-hydrogen) atoms. The number of hydrogen-bond acceptors (Lipinski definition) is 4. The Kier molecular flexibility index (Phi) is 5.19. The molecule has 0 aliphatic carbocycles. The number of amides is 1. The van der Waals surface area contributed by atoms with Gasteiger partial charge in [-0.05, 0) is 26.7 Å². The van der Waals surface area contributed by atoms with Crippen LogP contribution in [0.25, 0.3) is 0 Å². The van der Waals surface area contributed by atoms with Gasteiger partial charge in [-0.1, -0.05) is 13.8 Å². The topological polar surface area (TPSA) is 92.2 Å². The molecule has 1 aromatic rings. The van der Waals surface area contributed by atoms with E-state index in [1.165, 1.54) is 6.20 Å². The Hall–Kier alpha value is -1.98. The van der Waals surface area contributed by atoms with Crippen molar-refractivity contribution in [3.8, 4) is 0 Å². The van der Waals surface area contributed by atoms with Crippen molar-refractivity contribution in [1.29, 1.82) is 0 Å². The maximum atomic E-state index is 12.1. The van der Waals surface area contributed by atoms with Crippen molar-refractivity contribution < 1.29 is 14.7 Å². The number of nitrogens with zero attached hydrogens (tertiary/aromatic N) is 2. The maximum absolute atomic E-state index is 12.1. The van der Waals surface area contributed by atoms with Crippen LogP contribution in [0.15, 0.2) is 6.20 Å². The molecule has 0 saturated carbocycles. The highest BCUT2D eigenvalue weighted by molar-refractivity contribution is 5.95. The largest absolute Gasteiger partial charge is 0.481 e. The number of nitrogens with one attached hydrogen (secondary N) is 1. The molecule has 0 fully saturated rings. The molecule has 0 spiro atoms. The first-order valence-electron chi connectivity index (χ1n) is 6.68. The standard InChI is InChI=1S/C14H21N3O3/c1-5-14(6-2,13(19)20)8-16-12(18)11-7-15-10(4)17-9(11)3/h7H,5-6,8H2,1-4H3,(H,16,18)(H,19,20). The van der Waals surface area contributed by atoms with E-state index in [0.717, 1.165) is 0 Å². The lowest BCUT2D eigenvalue weighted by molar-refractivity contribution is -0.149. The summed E-state index contributed by atoms with van der Waals surface area (Å²) in [4.78, 5) is 31.6. The minimum atomic E-state index is -0.922. The van der Waals surface area contributed by atoms with Crippen LogP contribution in [-0.2, 0) is 4.79 Å². The van der Waals surface area contributed by atoms with Gasteiger partial charge < -0.3 is 10.4 Å². The van der Waals surface area contributed by atoms with E-state index in [4.69, 9.17) is 0 Å². The number of carbonyl (C=O) groups excluding carboxylic acids is 1. The summed E-state index contributed by atoms with van der Waals surface area (Å²) < 4.78 is 0. The number of aliphatic carboxylic acids is 1. The first kappa shape index (κ1) is 16.1. The van der Waals surface area contributed by atoms with Crippen LogP contribution in [0.1, 0.15) is 48.6 Å². The smallest absolute Gasteiger partial charge is 0.311 e. The quantitative estimate of drug-likeness (QED) is 0.827. The second-order valence-corrected chi connectivity index (χ2v) is 4.89. The minimum Gasteiger partial charge on any atom is -0.481 e. The Morgan fingerprint density at radius 2 is 1.90 bits per heavy atom. The number of carboxylic acids is 1. The van der Waals surface area contributed by atoms with E-state index in [1.54, 1.807) is 13.8 Å². The number of aryl methyl sites for hydroxylation is 2. The van der Waals surface area contributed by atoms with Gasteiger partial charge in [-0.25, -0.2) is 9.97 Å². The van der Waals surface area contributed by atoms with Gasteiger partial charge in [-0.2, -0.15) is 0 Å². The van der Waals surface area contributed by atoms with E-state index in [-0.39, 0.29) is 12.5 Å². The fourth-order valence-electron chi connectivity index (χ4n) is 2.03. The van der Waals surface area contributed by atoms with E-state index in [9.17, 15) is 14.7 Å². The average Bonchev–Trinajstić information content (AvgIpc) is 2.39. The zero-order valence-corrected chi connectivity index (χ0v) is 12.4. The van der Waals surface area contributed by atoms with E-state index in [2.05, 4.69) is 15.3 Å². The van der Waals surface area contributed by atoms with Crippen LogP contribution >= 0.6 is 0 Å². The Labute approximate surface area is 118 Å². The van der Waals surface area contributed by atoms with Gasteiger partial charge in [-0.3, -0.25) is 9.59 Å². The number of hydrogen-bond donors (Lipinski definition) is 2. The van der Waals surface area contributed by atoms with E-state index >= 15 is 0 Å². The molecule has 2 N–H and O–H groups in total. The monoisotopic (exact) mass is 279 g/mol. The molecule has 6 heteroatoms. The molecule has 1 amide bonds. The average molecular weight is 279 g/mol. The Morgan fingerprint density at radius 1 is 1.30 bits per heavy atom. The molecule has 0 atom stereocenters. The van der Waals surface area contributed by atoms with Gasteiger partial charge in [0.2, 0.25) is 0 Å². The van der Waals surface area contributed by atoms with Crippen molar-refractivity contribution >= 4 is 11.9 Å². The fourth-order valence-corrected chi connectivity index (χ4v) is 2.03. The molecule has 0 radical (unpaired) electrons. The third kappa shape index (κ3) is 3.31. The second kappa shape index (κ2) is 6.45. The van der Waals surface area contributed by atoms with Crippen molar-refractivity contribution in [2.45, 2.75) is 40.5 Å². The highest BCUT2D eigenvalue weighted by Crippen LogP contribution is 2.25. The lowest BCUT2D eigenvalue weighted by Crippen LogP contribution is -2.42. The summed E-state index contributed by atoms with van der Waals surface area (Å²) >= 11 is 0. The van der Waals surface area contributed by atoms with Gasteiger partial charge >= 0.3 is 5.97 Å². The summed E-state index contributed by atoms with van der Waals surface area (Å²) in [5, 5.41) is 12.0. The van der Waals surface area contributed by atoms with Gasteiger partial charge in [0.1, 0.15) is 5.82 Å². The van der Waals surface area contributed by atoms with Crippen molar-refractivity contribution in [1.82, 2.24) is 15.3 Å². The zero-order chi connectivity index (χ0) is 15.3. The molecule has 6 nitrogen and oxygen atoms in total. The SMILES string of the molecule is CCC(CC)(CNC(=O)c1cnc(C)nc1C)C(=O)O. The number of carboxylic acid groups (broad SMARTS) is 1. The predicted octanol–water partition coefficient (Wildman–Crippen LogP) is 1.71. The Bertz CT molecular complexity index is 510. The molecule has 0 saturated heterocycles. The van der Waals surface area contributed by atoms with Crippen molar-refractivity contribution in [3.63, 3.8) is 0 Å². The fraction of sp³-hybridized carbons (Fsp3) is 0.571. The molecule has 0 aliphatic rings. The molecule has 1 aromatic heterocycles. The molecular formula is C14H21N3O3. The van der Waals surface area contributed by atoms with Gasteiger partial charge in [-0.15, -0.1) is 0 Å². The highest BCUT2D eigenvalue weighted by Gasteiger charge is 2.35. The van der Waals surface area contributed by atoms with E-state index in [1.807, 2.05) is 13.8 Å². The number of rotatable bonds is 6. The maximum Gasteiger partial charge on any atom is 0.311 e. The van der Waals surface area contributed by atoms with Crippen LogP contribution < -0.4 is 5.32 Å². The summed E-state index contributed by atoms with van der Waals surface area (Å²) in [6, 6.07) is 0. The lowest BCUT2D eigenvalue weighted by Gasteiger charge is -2.26. The normalized spacial score (nSPS) is 11.2. The van der Waals surface area contributed by atoms with Gasteiger partial charge in [0, 0.05) is 12.7 Å². The summed E-state index contributed by atoms with van der Waals surface area (Å²) in [6.07, 6.45) is 2.39. The number of aromatic nitrogens is 2. The lowest BCUT2D eigenvalue weighted by atomic mass is 9.82. The first-order chi connectivity index (χ1) is 9.36. The molecular weight excluding hydrogens is 258 g/mol. The molecule has 0 unspecified atom stereocenters. The molecule has 110 valence electrons. The van der Waals surface area contributed by atoms with Crippen LogP contribution in [0, 0.1) is 19.3 Å². The van der Waals surface area contributed by atoms with Crippen LogP contribution in [-0.4, -0.2) is 33.5 Å². The molecule has 0 bridgehead atoms. The van der Waals surface area contributed by atoms with E-state index in [0.29, 0.717) is 29.9 Å². The summed E-state index contributed by atoms with van der Waals surface area (Å²) in [6.45, 7) is 7.20. The number of carbonyl (C=O) groups is 2. The Morgan fingerprint density at radius 3 is 2.35 bits per heavy atom. The van der Waals surface area contributed by atoms with Gasteiger partial charge in [0.15, 0.2) is 0 Å². The van der Waals surface area contributed by atoms with Crippen molar-refractivity contribution in [2.75, 3.05) is 6.54 Å². The van der Waals surface area contributed by atoms with Gasteiger partial charge in [0.05, 0.1) is 16.7 Å². The zero-order valence-electron chi connectivity index (χ0n) is 12.4. The third-order valence-corrected chi connectivity index (χ3v) is 3.74.